The average molecular weight is 332 g/mol. The Hall–Kier alpha value is -2.34. The van der Waals surface area contributed by atoms with E-state index in [0.717, 1.165) is 6.42 Å². The van der Waals surface area contributed by atoms with Crippen LogP contribution in [0.25, 0.3) is 0 Å². The molecule has 2 N–H and O–H groups in total. The minimum absolute atomic E-state index is 0.0961. The number of sulfonamides is 1. The standard InChI is InChI=1S/C17H20N2O3S/c1-3-13(2)18-17(20)14-9-11-15(12-10-14)19-23(21,22)16-7-5-4-6-8-16/h4-13,19H,3H2,1-2H3,(H,18,20). The fourth-order valence-corrected chi connectivity index (χ4v) is 2.99. The molecule has 0 spiro atoms. The van der Waals surface area contributed by atoms with Crippen LogP contribution in [0.5, 0.6) is 0 Å². The largest absolute Gasteiger partial charge is 0.350 e. The highest BCUT2D eigenvalue weighted by atomic mass is 32.2. The van der Waals surface area contributed by atoms with Gasteiger partial charge >= 0.3 is 0 Å². The number of hydrogen-bond acceptors (Lipinski definition) is 3. The van der Waals surface area contributed by atoms with Gasteiger partial charge in [-0.2, -0.15) is 0 Å². The molecule has 0 aliphatic carbocycles. The molecule has 2 aromatic rings. The lowest BCUT2D eigenvalue weighted by Crippen LogP contribution is -2.31. The molecule has 1 amide bonds. The summed E-state index contributed by atoms with van der Waals surface area (Å²) < 4.78 is 26.9. The van der Waals surface area contributed by atoms with Crippen molar-refractivity contribution in [2.45, 2.75) is 31.2 Å². The fourth-order valence-electron chi connectivity index (χ4n) is 1.91. The molecule has 2 aromatic carbocycles. The van der Waals surface area contributed by atoms with Crippen molar-refractivity contribution in [3.8, 4) is 0 Å². The maximum atomic E-state index is 12.2. The molecule has 1 atom stereocenters. The van der Waals surface area contributed by atoms with Crippen molar-refractivity contribution in [1.82, 2.24) is 5.32 Å². The van der Waals surface area contributed by atoms with Crippen molar-refractivity contribution >= 4 is 21.6 Å². The predicted molar refractivity (Wildman–Crippen MR) is 90.9 cm³/mol. The van der Waals surface area contributed by atoms with Crippen LogP contribution in [0.1, 0.15) is 30.6 Å². The van der Waals surface area contributed by atoms with Crippen LogP contribution in [0, 0.1) is 0 Å². The Balaban J connectivity index is 2.10. The summed E-state index contributed by atoms with van der Waals surface area (Å²) in [6, 6.07) is 14.6. The lowest BCUT2D eigenvalue weighted by atomic mass is 10.1. The number of carbonyl (C=O) groups is 1. The first-order valence-corrected chi connectivity index (χ1v) is 8.89. The molecule has 0 fully saturated rings. The first-order chi connectivity index (χ1) is 10.9. The van der Waals surface area contributed by atoms with Crippen LogP contribution in [0.15, 0.2) is 59.5 Å². The summed E-state index contributed by atoms with van der Waals surface area (Å²) in [6.45, 7) is 3.92. The van der Waals surface area contributed by atoms with Crippen molar-refractivity contribution in [3.05, 3.63) is 60.2 Å². The molecule has 0 aliphatic heterocycles. The molecule has 0 saturated heterocycles. The van der Waals surface area contributed by atoms with Crippen LogP contribution < -0.4 is 10.0 Å². The van der Waals surface area contributed by atoms with E-state index in [-0.39, 0.29) is 16.8 Å². The molecule has 23 heavy (non-hydrogen) atoms. The lowest BCUT2D eigenvalue weighted by Gasteiger charge is -2.12. The van der Waals surface area contributed by atoms with E-state index in [1.807, 2.05) is 13.8 Å². The first-order valence-electron chi connectivity index (χ1n) is 7.41. The Bertz CT molecular complexity index is 756. The second-order valence-corrected chi connectivity index (χ2v) is 6.96. The van der Waals surface area contributed by atoms with Gasteiger partial charge in [-0.05, 0) is 49.7 Å². The monoisotopic (exact) mass is 332 g/mol. The zero-order valence-corrected chi connectivity index (χ0v) is 13.9. The molecule has 5 nitrogen and oxygen atoms in total. The first kappa shape index (κ1) is 17.0. The number of anilines is 1. The third-order valence-electron chi connectivity index (χ3n) is 3.44. The Morgan fingerprint density at radius 2 is 1.65 bits per heavy atom. The van der Waals surface area contributed by atoms with Gasteiger partial charge in [-0.25, -0.2) is 8.42 Å². The second-order valence-electron chi connectivity index (χ2n) is 5.28. The van der Waals surface area contributed by atoms with Crippen LogP contribution >= 0.6 is 0 Å². The van der Waals surface area contributed by atoms with Gasteiger partial charge in [0.15, 0.2) is 0 Å². The van der Waals surface area contributed by atoms with Crippen molar-refractivity contribution in [2.75, 3.05) is 4.72 Å². The summed E-state index contributed by atoms with van der Waals surface area (Å²) in [5.74, 6) is -0.170. The molecule has 0 aromatic heterocycles. The van der Waals surface area contributed by atoms with E-state index >= 15 is 0 Å². The highest BCUT2D eigenvalue weighted by Crippen LogP contribution is 2.16. The molecule has 1 unspecified atom stereocenters. The summed E-state index contributed by atoms with van der Waals surface area (Å²) >= 11 is 0. The quantitative estimate of drug-likeness (QED) is 0.854. The zero-order valence-electron chi connectivity index (χ0n) is 13.1. The maximum Gasteiger partial charge on any atom is 0.261 e. The maximum absolute atomic E-state index is 12.2. The van der Waals surface area contributed by atoms with Crippen LogP contribution in [0.3, 0.4) is 0 Å². The van der Waals surface area contributed by atoms with E-state index in [9.17, 15) is 13.2 Å². The highest BCUT2D eigenvalue weighted by Gasteiger charge is 2.14. The molecule has 0 radical (unpaired) electrons. The number of benzene rings is 2. The Labute approximate surface area is 136 Å². The third kappa shape index (κ3) is 4.56. The normalized spacial score (nSPS) is 12.4. The summed E-state index contributed by atoms with van der Waals surface area (Å²) in [5.41, 5.74) is 0.905. The Morgan fingerprint density at radius 3 is 2.22 bits per heavy atom. The van der Waals surface area contributed by atoms with Crippen molar-refractivity contribution in [1.29, 1.82) is 0 Å². The van der Waals surface area contributed by atoms with E-state index in [2.05, 4.69) is 10.0 Å². The van der Waals surface area contributed by atoms with Gasteiger partial charge in [0, 0.05) is 17.3 Å². The van der Waals surface area contributed by atoms with E-state index in [1.54, 1.807) is 42.5 Å². The van der Waals surface area contributed by atoms with Crippen LogP contribution in [-0.4, -0.2) is 20.4 Å². The zero-order chi connectivity index (χ0) is 16.9. The summed E-state index contributed by atoms with van der Waals surface area (Å²) in [7, 11) is -3.62. The van der Waals surface area contributed by atoms with Gasteiger partial charge < -0.3 is 5.32 Å². The van der Waals surface area contributed by atoms with Crippen LogP contribution in [-0.2, 0) is 10.0 Å². The van der Waals surface area contributed by atoms with Gasteiger partial charge in [-0.15, -0.1) is 0 Å². The van der Waals surface area contributed by atoms with Crippen molar-refractivity contribution in [3.63, 3.8) is 0 Å². The number of hydrogen-bond donors (Lipinski definition) is 2. The van der Waals surface area contributed by atoms with Crippen molar-refractivity contribution in [2.24, 2.45) is 0 Å². The molecule has 0 aliphatic rings. The second kappa shape index (κ2) is 7.28. The molecule has 2 rings (SSSR count). The molecule has 0 saturated carbocycles. The van der Waals surface area contributed by atoms with Gasteiger partial charge in [-0.1, -0.05) is 25.1 Å². The fraction of sp³-hybridized carbons (Fsp3) is 0.235. The minimum Gasteiger partial charge on any atom is -0.350 e. The smallest absolute Gasteiger partial charge is 0.261 e. The van der Waals surface area contributed by atoms with Gasteiger partial charge in [-0.3, -0.25) is 9.52 Å². The Kier molecular flexibility index (Phi) is 5.39. The molecular formula is C17H20N2O3S. The van der Waals surface area contributed by atoms with E-state index in [4.69, 9.17) is 0 Å². The van der Waals surface area contributed by atoms with Gasteiger partial charge in [0.2, 0.25) is 0 Å². The third-order valence-corrected chi connectivity index (χ3v) is 4.84. The summed E-state index contributed by atoms with van der Waals surface area (Å²) in [4.78, 5) is 12.2. The average Bonchev–Trinajstić information content (AvgIpc) is 2.55. The molecule has 0 heterocycles. The van der Waals surface area contributed by atoms with Crippen LogP contribution in [0.4, 0.5) is 5.69 Å². The van der Waals surface area contributed by atoms with Gasteiger partial charge in [0.1, 0.15) is 0 Å². The minimum atomic E-state index is -3.62. The van der Waals surface area contributed by atoms with Gasteiger partial charge in [0.25, 0.3) is 15.9 Å². The summed E-state index contributed by atoms with van der Waals surface area (Å²) in [5, 5.41) is 2.86. The number of rotatable bonds is 6. The number of nitrogens with one attached hydrogen (secondary N) is 2. The van der Waals surface area contributed by atoms with E-state index in [0.29, 0.717) is 11.3 Å². The van der Waals surface area contributed by atoms with Crippen LogP contribution in [0.2, 0.25) is 0 Å². The predicted octanol–water partition coefficient (Wildman–Crippen LogP) is 3.02. The topological polar surface area (TPSA) is 75.3 Å². The number of amides is 1. The lowest BCUT2D eigenvalue weighted by molar-refractivity contribution is 0.0939. The SMILES string of the molecule is CCC(C)NC(=O)c1ccc(NS(=O)(=O)c2ccccc2)cc1. The van der Waals surface area contributed by atoms with Crippen molar-refractivity contribution < 1.29 is 13.2 Å². The van der Waals surface area contributed by atoms with E-state index in [1.165, 1.54) is 12.1 Å². The molecule has 6 heteroatoms. The highest BCUT2D eigenvalue weighted by molar-refractivity contribution is 7.92. The van der Waals surface area contributed by atoms with Gasteiger partial charge in [0.05, 0.1) is 4.90 Å². The molecular weight excluding hydrogens is 312 g/mol. The summed E-state index contributed by atoms with van der Waals surface area (Å²) in [6.07, 6.45) is 0.848. The molecule has 122 valence electrons. The Morgan fingerprint density at radius 1 is 1.04 bits per heavy atom. The number of carbonyl (C=O) groups excluding carboxylic acids is 1. The van der Waals surface area contributed by atoms with E-state index < -0.39 is 10.0 Å². The molecule has 0 bridgehead atoms.